The molecule has 0 heterocycles. The maximum atomic E-state index is 9.86. The second kappa shape index (κ2) is 7.30. The van der Waals surface area contributed by atoms with Gasteiger partial charge in [0.2, 0.25) is 0 Å². The Morgan fingerprint density at radius 2 is 1.21 bits per heavy atom. The van der Waals surface area contributed by atoms with Crippen LogP contribution in [0.25, 0.3) is 11.1 Å². The third-order valence-corrected chi connectivity index (χ3v) is 3.87. The Morgan fingerprint density at radius 3 is 1.62 bits per heavy atom. The molecular weight excluding hydrogens is 294 g/mol. The summed E-state index contributed by atoms with van der Waals surface area (Å²) in [6, 6.07) is 30.0. The van der Waals surface area contributed by atoms with E-state index in [0.717, 1.165) is 28.0 Å². The van der Waals surface area contributed by atoms with Crippen LogP contribution in [0.5, 0.6) is 5.75 Å². The van der Waals surface area contributed by atoms with Crippen molar-refractivity contribution in [2.75, 3.05) is 7.11 Å². The minimum Gasteiger partial charge on any atom is -0.497 e. The molecule has 0 N–H and O–H groups in total. The summed E-state index contributed by atoms with van der Waals surface area (Å²) in [6.07, 6.45) is 0. The fourth-order valence-corrected chi connectivity index (χ4v) is 2.69. The van der Waals surface area contributed by atoms with Crippen LogP contribution in [-0.2, 0) is 0 Å². The van der Waals surface area contributed by atoms with E-state index in [1.54, 1.807) is 7.11 Å². The molecule has 0 unspecified atom stereocenters. The van der Waals surface area contributed by atoms with Gasteiger partial charge in [-0.2, -0.15) is 5.26 Å². The molecule has 2 heteroatoms. The first-order chi connectivity index (χ1) is 11.8. The summed E-state index contributed by atoms with van der Waals surface area (Å²) >= 11 is 0. The normalized spacial score (nSPS) is 9.83. The summed E-state index contributed by atoms with van der Waals surface area (Å²) in [5.74, 6) is 0.775. The van der Waals surface area contributed by atoms with Crippen LogP contribution in [0.1, 0.15) is 16.7 Å². The molecule has 0 aliphatic rings. The standard InChI is InChI=1S/C22H17NO/c1-24-20-14-12-17(13-15-20)21(16-23)22(18-8-4-2-5-9-18)19-10-6-3-7-11-19/h2-15H,1H3. The Morgan fingerprint density at radius 1 is 0.708 bits per heavy atom. The number of benzene rings is 3. The summed E-state index contributed by atoms with van der Waals surface area (Å²) < 4.78 is 5.21. The molecule has 0 spiro atoms. The predicted molar refractivity (Wildman–Crippen MR) is 97.4 cm³/mol. The van der Waals surface area contributed by atoms with Gasteiger partial charge in [-0.25, -0.2) is 0 Å². The maximum absolute atomic E-state index is 9.86. The molecule has 0 amide bonds. The number of hydrogen-bond donors (Lipinski definition) is 0. The first-order valence-electron chi connectivity index (χ1n) is 7.73. The van der Waals surface area contributed by atoms with Crippen LogP contribution in [0.3, 0.4) is 0 Å². The number of methoxy groups -OCH3 is 1. The van der Waals surface area contributed by atoms with Gasteiger partial charge in [-0.3, -0.25) is 0 Å². The lowest BCUT2D eigenvalue weighted by Gasteiger charge is -2.12. The molecule has 2 nitrogen and oxygen atoms in total. The van der Waals surface area contributed by atoms with E-state index in [-0.39, 0.29) is 0 Å². The highest BCUT2D eigenvalue weighted by Crippen LogP contribution is 2.32. The average Bonchev–Trinajstić information content (AvgIpc) is 2.67. The summed E-state index contributed by atoms with van der Waals surface area (Å²) in [4.78, 5) is 0. The zero-order chi connectivity index (χ0) is 16.8. The molecule has 0 saturated heterocycles. The van der Waals surface area contributed by atoms with Gasteiger partial charge in [0.05, 0.1) is 12.7 Å². The second-order valence-electron chi connectivity index (χ2n) is 5.32. The van der Waals surface area contributed by atoms with Gasteiger partial charge in [0.25, 0.3) is 0 Å². The Kier molecular flexibility index (Phi) is 4.74. The number of rotatable bonds is 4. The van der Waals surface area contributed by atoms with Crippen LogP contribution < -0.4 is 4.74 Å². The maximum Gasteiger partial charge on any atom is 0.118 e. The fourth-order valence-electron chi connectivity index (χ4n) is 2.69. The number of ether oxygens (including phenoxy) is 1. The Balaban J connectivity index is 2.24. The molecule has 3 rings (SSSR count). The van der Waals surface area contributed by atoms with Crippen molar-refractivity contribution in [1.29, 1.82) is 5.26 Å². The average molecular weight is 311 g/mol. The van der Waals surface area contributed by atoms with Crippen LogP contribution in [0, 0.1) is 11.3 Å². The number of hydrogen-bond acceptors (Lipinski definition) is 2. The number of nitriles is 1. The van der Waals surface area contributed by atoms with Crippen molar-refractivity contribution in [2.24, 2.45) is 0 Å². The van der Waals surface area contributed by atoms with E-state index >= 15 is 0 Å². The smallest absolute Gasteiger partial charge is 0.118 e. The van der Waals surface area contributed by atoms with E-state index in [1.165, 1.54) is 0 Å². The molecule has 0 bridgehead atoms. The molecule has 0 aliphatic carbocycles. The quantitative estimate of drug-likeness (QED) is 0.491. The van der Waals surface area contributed by atoms with Crippen LogP contribution in [0.15, 0.2) is 84.9 Å². The topological polar surface area (TPSA) is 33.0 Å². The van der Waals surface area contributed by atoms with Crippen LogP contribution >= 0.6 is 0 Å². The molecule has 116 valence electrons. The minimum absolute atomic E-state index is 0.648. The van der Waals surface area contributed by atoms with E-state index in [2.05, 4.69) is 6.07 Å². The van der Waals surface area contributed by atoms with Crippen molar-refractivity contribution in [1.82, 2.24) is 0 Å². The van der Waals surface area contributed by atoms with E-state index in [4.69, 9.17) is 4.74 Å². The van der Waals surface area contributed by atoms with Crippen molar-refractivity contribution >= 4 is 11.1 Å². The molecule has 0 saturated carbocycles. The Bertz CT molecular complexity index is 831. The van der Waals surface area contributed by atoms with Gasteiger partial charge >= 0.3 is 0 Å². The summed E-state index contributed by atoms with van der Waals surface area (Å²) in [5.41, 5.74) is 4.51. The van der Waals surface area contributed by atoms with Crippen molar-refractivity contribution < 1.29 is 4.74 Å². The molecule has 0 aliphatic heterocycles. The summed E-state index contributed by atoms with van der Waals surface area (Å²) in [5, 5.41) is 9.86. The molecule has 0 radical (unpaired) electrons. The summed E-state index contributed by atoms with van der Waals surface area (Å²) in [6.45, 7) is 0. The fraction of sp³-hybridized carbons (Fsp3) is 0.0455. The third-order valence-electron chi connectivity index (χ3n) is 3.87. The second-order valence-corrected chi connectivity index (χ2v) is 5.32. The zero-order valence-electron chi connectivity index (χ0n) is 13.4. The van der Waals surface area contributed by atoms with Gasteiger partial charge in [0, 0.05) is 5.57 Å². The number of allylic oxidation sites excluding steroid dienone is 1. The molecule has 3 aromatic carbocycles. The van der Waals surface area contributed by atoms with Crippen molar-refractivity contribution in [3.8, 4) is 11.8 Å². The van der Waals surface area contributed by atoms with Gasteiger partial charge in [-0.1, -0.05) is 60.7 Å². The van der Waals surface area contributed by atoms with Crippen LogP contribution in [0.4, 0.5) is 0 Å². The molecule has 3 aromatic rings. The van der Waals surface area contributed by atoms with Gasteiger partial charge < -0.3 is 4.74 Å². The zero-order valence-corrected chi connectivity index (χ0v) is 13.4. The molecule has 0 fully saturated rings. The van der Waals surface area contributed by atoms with Gasteiger partial charge in [-0.05, 0) is 41.0 Å². The van der Waals surface area contributed by atoms with Gasteiger partial charge in [0.1, 0.15) is 11.8 Å². The Labute approximate surface area is 142 Å². The Hall–Kier alpha value is -3.31. The van der Waals surface area contributed by atoms with Gasteiger partial charge in [-0.15, -0.1) is 0 Å². The molecule has 0 atom stereocenters. The monoisotopic (exact) mass is 311 g/mol. The lowest BCUT2D eigenvalue weighted by atomic mass is 9.90. The first-order valence-corrected chi connectivity index (χ1v) is 7.73. The third kappa shape index (κ3) is 3.21. The van der Waals surface area contributed by atoms with E-state index in [9.17, 15) is 5.26 Å². The van der Waals surface area contributed by atoms with Crippen molar-refractivity contribution in [2.45, 2.75) is 0 Å². The highest BCUT2D eigenvalue weighted by molar-refractivity contribution is 6.03. The largest absolute Gasteiger partial charge is 0.497 e. The van der Waals surface area contributed by atoms with Crippen LogP contribution in [0.2, 0.25) is 0 Å². The van der Waals surface area contributed by atoms with E-state index in [0.29, 0.717) is 5.57 Å². The van der Waals surface area contributed by atoms with E-state index < -0.39 is 0 Å². The van der Waals surface area contributed by atoms with Crippen LogP contribution in [-0.4, -0.2) is 7.11 Å². The first kappa shape index (κ1) is 15.6. The van der Waals surface area contributed by atoms with Crippen molar-refractivity contribution in [3.05, 3.63) is 102 Å². The molecule has 0 aromatic heterocycles. The van der Waals surface area contributed by atoms with E-state index in [1.807, 2.05) is 84.9 Å². The highest BCUT2D eigenvalue weighted by atomic mass is 16.5. The highest BCUT2D eigenvalue weighted by Gasteiger charge is 2.13. The summed E-state index contributed by atoms with van der Waals surface area (Å²) in [7, 11) is 1.63. The van der Waals surface area contributed by atoms with Crippen molar-refractivity contribution in [3.63, 3.8) is 0 Å². The van der Waals surface area contributed by atoms with Gasteiger partial charge in [0.15, 0.2) is 0 Å². The lowest BCUT2D eigenvalue weighted by Crippen LogP contribution is -1.94. The minimum atomic E-state index is 0.648. The molecule has 24 heavy (non-hydrogen) atoms. The predicted octanol–water partition coefficient (Wildman–Crippen LogP) is 5.18. The lowest BCUT2D eigenvalue weighted by molar-refractivity contribution is 0.415. The number of nitrogens with zero attached hydrogens (tertiary/aromatic N) is 1. The molecular formula is C22H17NO. The SMILES string of the molecule is COc1ccc(C(C#N)=C(c2ccccc2)c2ccccc2)cc1.